The molecule has 0 aromatic rings. The quantitative estimate of drug-likeness (QED) is 0.354. The summed E-state index contributed by atoms with van der Waals surface area (Å²) in [5, 5.41) is 24.1. The molecule has 0 bridgehead atoms. The van der Waals surface area contributed by atoms with Crippen LogP contribution >= 0.6 is 0 Å². The Hall–Kier alpha value is -1.70. The first-order chi connectivity index (χ1) is 19.0. The smallest absolute Gasteiger partial charge is 0.302 e. The molecule has 41 heavy (non-hydrogen) atoms. The van der Waals surface area contributed by atoms with Gasteiger partial charge < -0.3 is 24.4 Å². The van der Waals surface area contributed by atoms with E-state index in [1.165, 1.54) is 6.92 Å². The Morgan fingerprint density at radius 2 is 1.68 bits per heavy atom. The predicted octanol–water partition coefficient (Wildman–Crippen LogP) is 4.51. The van der Waals surface area contributed by atoms with Crippen molar-refractivity contribution in [1.29, 1.82) is 0 Å². The topological polar surface area (TPSA) is 106 Å². The lowest BCUT2D eigenvalue weighted by Gasteiger charge is -2.66. The molecule has 0 aromatic heterocycles. The van der Waals surface area contributed by atoms with Crippen LogP contribution in [0.1, 0.15) is 68.7 Å². The molecule has 0 aromatic carbocycles. The molecule has 4 saturated carbocycles. The maximum atomic E-state index is 14.2. The van der Waals surface area contributed by atoms with Crippen LogP contribution < -0.4 is 0 Å². The third-order valence-electron chi connectivity index (χ3n) is 15.0. The Balaban J connectivity index is 1.46. The molecule has 2 N–H and O–H groups in total. The molecule has 6 fully saturated rings. The first kappa shape index (κ1) is 28.1. The van der Waals surface area contributed by atoms with Gasteiger partial charge in [-0.15, -0.1) is 0 Å². The molecule has 7 heteroatoms. The van der Waals surface area contributed by atoms with Crippen LogP contribution in [-0.4, -0.2) is 52.0 Å². The van der Waals surface area contributed by atoms with E-state index in [4.69, 9.17) is 14.2 Å². The van der Waals surface area contributed by atoms with Crippen molar-refractivity contribution in [2.75, 3.05) is 0 Å². The number of rotatable bonds is 1. The molecule has 226 valence electrons. The molecule has 7 nitrogen and oxygen atoms in total. The number of fused-ring (bicyclic) bond motifs is 10. The van der Waals surface area contributed by atoms with Crippen molar-refractivity contribution in [1.82, 2.24) is 0 Å². The van der Waals surface area contributed by atoms with Crippen LogP contribution in [0.15, 0.2) is 24.2 Å². The van der Waals surface area contributed by atoms with Gasteiger partial charge in [0.25, 0.3) is 0 Å². The second kappa shape index (κ2) is 8.06. The SMILES string of the molecule is C=C1OC2=C[C@@H](C)[C@H]3[C@@H]([C@H](OC(C)=O)[C@H]4[C@H]5C([C@H](C)[C@H](C)[C@]34C)[C@]3(C)[C@H](C[C@@H]4O[C@@H]4[C@@H]3C)C(=O)[C@@H]5O)[C@@]2(C)[C@]1(C)O. The number of hydrogen-bond acceptors (Lipinski definition) is 7. The van der Waals surface area contributed by atoms with Gasteiger partial charge in [-0.05, 0) is 72.7 Å². The van der Waals surface area contributed by atoms with E-state index in [9.17, 15) is 19.8 Å². The van der Waals surface area contributed by atoms with Crippen LogP contribution in [0.25, 0.3) is 0 Å². The van der Waals surface area contributed by atoms with Gasteiger partial charge in [-0.25, -0.2) is 0 Å². The summed E-state index contributed by atoms with van der Waals surface area (Å²) >= 11 is 0. The minimum atomic E-state index is -1.38. The van der Waals surface area contributed by atoms with Crippen LogP contribution in [0.4, 0.5) is 0 Å². The monoisotopic (exact) mass is 568 g/mol. The van der Waals surface area contributed by atoms with Crippen molar-refractivity contribution < 1.29 is 34.0 Å². The zero-order valence-corrected chi connectivity index (χ0v) is 26.0. The van der Waals surface area contributed by atoms with Gasteiger partial charge in [0.1, 0.15) is 29.3 Å². The number of allylic oxidation sites excluding steroid dienone is 1. The number of Topliss-reactive ketones (excluding diaryl/α,β-unsaturated/α-hetero) is 1. The van der Waals surface area contributed by atoms with E-state index in [0.29, 0.717) is 17.9 Å². The predicted molar refractivity (Wildman–Crippen MR) is 151 cm³/mol. The zero-order chi connectivity index (χ0) is 29.9. The van der Waals surface area contributed by atoms with E-state index >= 15 is 0 Å². The minimum absolute atomic E-state index is 0.0257. The Morgan fingerprint density at radius 3 is 2.32 bits per heavy atom. The summed E-state index contributed by atoms with van der Waals surface area (Å²) in [7, 11) is 0. The van der Waals surface area contributed by atoms with E-state index < -0.39 is 23.2 Å². The molecule has 0 amide bonds. The summed E-state index contributed by atoms with van der Waals surface area (Å²) in [6.07, 6.45) is 1.36. The van der Waals surface area contributed by atoms with Gasteiger partial charge in [0.2, 0.25) is 0 Å². The lowest BCUT2D eigenvalue weighted by molar-refractivity contribution is -0.221. The first-order valence-corrected chi connectivity index (χ1v) is 15.8. The average Bonchev–Trinajstić information content (AvgIpc) is 3.58. The van der Waals surface area contributed by atoms with Crippen LogP contribution in [-0.2, 0) is 23.8 Å². The highest BCUT2D eigenvalue weighted by molar-refractivity contribution is 5.88. The highest BCUT2D eigenvalue weighted by Crippen LogP contribution is 2.78. The second-order valence-electron chi connectivity index (χ2n) is 15.9. The number of epoxide rings is 1. The molecular formula is C34H48O7. The number of hydrogen-bond donors (Lipinski definition) is 2. The van der Waals surface area contributed by atoms with Crippen molar-refractivity contribution >= 4 is 11.8 Å². The lowest BCUT2D eigenvalue weighted by atomic mass is 9.37. The zero-order valence-electron chi connectivity index (χ0n) is 26.0. The molecule has 7 rings (SSSR count). The van der Waals surface area contributed by atoms with Crippen LogP contribution in [0.2, 0.25) is 0 Å². The van der Waals surface area contributed by atoms with Crippen molar-refractivity contribution in [2.24, 2.45) is 75.4 Å². The number of aliphatic hydroxyl groups excluding tert-OH is 1. The summed E-state index contributed by atoms with van der Waals surface area (Å²) in [5.74, 6) is 0.114. The van der Waals surface area contributed by atoms with E-state index in [0.717, 1.165) is 0 Å². The molecule has 5 aliphatic carbocycles. The Kier molecular flexibility index (Phi) is 5.52. The summed E-state index contributed by atoms with van der Waals surface area (Å²) in [6.45, 7) is 23.0. The maximum absolute atomic E-state index is 14.2. The van der Waals surface area contributed by atoms with E-state index in [1.807, 2.05) is 6.92 Å². The largest absolute Gasteiger partial charge is 0.463 e. The molecule has 2 heterocycles. The normalized spacial score (nSPS) is 61.8. The average molecular weight is 569 g/mol. The maximum Gasteiger partial charge on any atom is 0.302 e. The van der Waals surface area contributed by atoms with Crippen LogP contribution in [0.3, 0.4) is 0 Å². The van der Waals surface area contributed by atoms with Crippen LogP contribution in [0.5, 0.6) is 0 Å². The molecule has 0 radical (unpaired) electrons. The third kappa shape index (κ3) is 2.93. The number of aliphatic hydroxyl groups is 2. The molecular weight excluding hydrogens is 520 g/mol. The summed E-state index contributed by atoms with van der Waals surface area (Å²) < 4.78 is 18.6. The second-order valence-corrected chi connectivity index (χ2v) is 15.9. The van der Waals surface area contributed by atoms with E-state index in [2.05, 4.69) is 54.2 Å². The molecule has 1 unspecified atom stereocenters. The summed E-state index contributed by atoms with van der Waals surface area (Å²) in [4.78, 5) is 27.1. The molecule has 18 atom stereocenters. The Bertz CT molecular complexity index is 1270. The molecule has 2 aliphatic heterocycles. The standard InChI is InChI=1S/C34H48O7/c1-13-11-21-33(9,34(10,38)17(5)39-21)26-23(13)32(8)15(3)14(2)24-22(25(32)30(26)40-18(6)35)28(37)27(36)19-12-20-29(41-20)16(4)31(19,24)7/h11,13-16,19-20,22-26,28-30,37-38H,5,12H2,1-4,6-10H3/t13-,14-,15+,16+,19-,20+,22-,23+,24?,25-,26+,28-,29-,30-,31+,32-,33+,34-/m1/s1. The number of carbonyl (C=O) groups excluding carboxylic acids is 2. The lowest BCUT2D eigenvalue weighted by Crippen LogP contribution is -2.69. The van der Waals surface area contributed by atoms with Gasteiger partial charge in [0.15, 0.2) is 5.78 Å². The number of carbonyl (C=O) groups is 2. The van der Waals surface area contributed by atoms with Gasteiger partial charge in [-0.2, -0.15) is 0 Å². The third-order valence-corrected chi connectivity index (χ3v) is 15.0. The minimum Gasteiger partial charge on any atom is -0.463 e. The van der Waals surface area contributed by atoms with Crippen molar-refractivity contribution in [2.45, 2.75) is 98.8 Å². The fourth-order valence-corrected chi connectivity index (χ4v) is 12.6. The van der Waals surface area contributed by atoms with Crippen LogP contribution in [0, 0.1) is 75.4 Å². The van der Waals surface area contributed by atoms with Crippen molar-refractivity contribution in [3.8, 4) is 0 Å². The number of esters is 1. The molecule has 7 aliphatic rings. The van der Waals surface area contributed by atoms with Crippen molar-refractivity contribution in [3.63, 3.8) is 0 Å². The molecule has 0 spiro atoms. The van der Waals surface area contributed by atoms with E-state index in [-0.39, 0.29) is 94.0 Å². The number of ketones is 1. The van der Waals surface area contributed by atoms with Gasteiger partial charge >= 0.3 is 5.97 Å². The van der Waals surface area contributed by atoms with Crippen molar-refractivity contribution in [3.05, 3.63) is 24.2 Å². The fourth-order valence-electron chi connectivity index (χ4n) is 12.6. The van der Waals surface area contributed by atoms with Gasteiger partial charge in [-0.3, -0.25) is 9.59 Å². The van der Waals surface area contributed by atoms with Gasteiger partial charge in [0, 0.05) is 30.6 Å². The fraction of sp³-hybridized carbons (Fsp3) is 0.824. The Labute approximate surface area is 244 Å². The Morgan fingerprint density at radius 1 is 1.02 bits per heavy atom. The van der Waals surface area contributed by atoms with Gasteiger partial charge in [-0.1, -0.05) is 48.1 Å². The van der Waals surface area contributed by atoms with Gasteiger partial charge in [0.05, 0.1) is 17.6 Å². The molecule has 2 saturated heterocycles. The highest BCUT2D eigenvalue weighted by atomic mass is 16.6. The highest BCUT2D eigenvalue weighted by Gasteiger charge is 2.80. The summed E-state index contributed by atoms with van der Waals surface area (Å²) in [5.41, 5.74) is -2.98. The number of ether oxygens (including phenoxy) is 3. The first-order valence-electron chi connectivity index (χ1n) is 15.8. The summed E-state index contributed by atoms with van der Waals surface area (Å²) in [6, 6.07) is 0. The van der Waals surface area contributed by atoms with E-state index in [1.54, 1.807) is 6.92 Å².